The van der Waals surface area contributed by atoms with Crippen LogP contribution in [0.5, 0.6) is 0 Å². The van der Waals surface area contributed by atoms with E-state index in [1.165, 1.54) is 0 Å². The topological polar surface area (TPSA) is 65.2 Å². The standard InChI is InChI=1S/C19H16N2O2S5/c22-20-15(13-7-3-1-4-8-13)11-25-17-18(28-19(24)27-17)26-12-16(21-23)14-9-5-2-6-10-14/h1-10,22-23H,11-12H2. The molecule has 0 bridgehead atoms. The van der Waals surface area contributed by atoms with Crippen molar-refractivity contribution >= 4 is 69.8 Å². The third-order valence-corrected chi connectivity index (χ3v) is 9.26. The molecule has 0 aliphatic heterocycles. The number of thioether (sulfide) groups is 2. The fourth-order valence-corrected chi connectivity index (χ4v) is 8.32. The molecule has 0 saturated heterocycles. The summed E-state index contributed by atoms with van der Waals surface area (Å²) in [6.45, 7) is 0. The summed E-state index contributed by atoms with van der Waals surface area (Å²) in [6, 6.07) is 19.2. The Morgan fingerprint density at radius 3 is 1.50 bits per heavy atom. The van der Waals surface area contributed by atoms with E-state index in [4.69, 9.17) is 12.2 Å². The van der Waals surface area contributed by atoms with Crippen molar-refractivity contribution in [2.75, 3.05) is 11.5 Å². The molecule has 0 unspecified atom stereocenters. The highest BCUT2D eigenvalue weighted by Gasteiger charge is 2.14. The van der Waals surface area contributed by atoms with Crippen LogP contribution in [-0.2, 0) is 0 Å². The summed E-state index contributed by atoms with van der Waals surface area (Å²) in [6.07, 6.45) is 0. The Morgan fingerprint density at radius 2 is 1.14 bits per heavy atom. The van der Waals surface area contributed by atoms with Gasteiger partial charge < -0.3 is 10.4 Å². The van der Waals surface area contributed by atoms with Gasteiger partial charge in [-0.3, -0.25) is 0 Å². The molecule has 0 spiro atoms. The summed E-state index contributed by atoms with van der Waals surface area (Å²) >= 11 is 11.7. The largest absolute Gasteiger partial charge is 0.411 e. The van der Waals surface area contributed by atoms with Crippen LogP contribution in [-0.4, -0.2) is 33.3 Å². The third kappa shape index (κ3) is 5.68. The van der Waals surface area contributed by atoms with Crippen LogP contribution in [0.3, 0.4) is 0 Å². The molecule has 0 atom stereocenters. The van der Waals surface area contributed by atoms with Crippen LogP contribution in [0, 0.1) is 3.14 Å². The highest BCUT2D eigenvalue weighted by molar-refractivity contribution is 8.05. The van der Waals surface area contributed by atoms with Gasteiger partial charge in [-0.25, -0.2) is 0 Å². The Balaban J connectivity index is 1.69. The van der Waals surface area contributed by atoms with Crippen molar-refractivity contribution in [3.05, 3.63) is 74.9 Å². The highest BCUT2D eigenvalue weighted by Crippen LogP contribution is 2.41. The molecule has 0 aliphatic carbocycles. The molecule has 0 fully saturated rings. The van der Waals surface area contributed by atoms with E-state index in [9.17, 15) is 10.4 Å². The predicted octanol–water partition coefficient (Wildman–Crippen LogP) is 6.48. The first kappa shape index (κ1) is 21.1. The number of oxime groups is 2. The Morgan fingerprint density at radius 1 is 0.750 bits per heavy atom. The van der Waals surface area contributed by atoms with Gasteiger partial charge in [0.2, 0.25) is 0 Å². The van der Waals surface area contributed by atoms with E-state index in [-0.39, 0.29) is 0 Å². The number of nitrogens with zero attached hydrogens (tertiary/aromatic N) is 2. The lowest BCUT2D eigenvalue weighted by Gasteiger charge is -2.06. The summed E-state index contributed by atoms with van der Waals surface area (Å²) in [5.41, 5.74) is 3.02. The van der Waals surface area contributed by atoms with Gasteiger partial charge in [-0.15, -0.1) is 46.2 Å². The lowest BCUT2D eigenvalue weighted by atomic mass is 10.1. The van der Waals surface area contributed by atoms with Crippen LogP contribution in [0.4, 0.5) is 0 Å². The molecule has 2 aromatic carbocycles. The molecule has 4 nitrogen and oxygen atoms in total. The first-order chi connectivity index (χ1) is 13.7. The van der Waals surface area contributed by atoms with E-state index < -0.39 is 0 Å². The van der Waals surface area contributed by atoms with Gasteiger partial charge in [-0.1, -0.05) is 83.2 Å². The van der Waals surface area contributed by atoms with Gasteiger partial charge in [0.05, 0.1) is 19.8 Å². The van der Waals surface area contributed by atoms with Crippen LogP contribution < -0.4 is 0 Å². The van der Waals surface area contributed by atoms with E-state index in [0.717, 1.165) is 22.7 Å². The zero-order chi connectivity index (χ0) is 19.8. The SMILES string of the molecule is ON=C(CSc1sc(=S)sc1SCC(=NO)c1ccccc1)c1ccccc1. The Labute approximate surface area is 184 Å². The normalized spacial score (nSPS) is 12.3. The van der Waals surface area contributed by atoms with Crippen LogP contribution in [0.15, 0.2) is 79.4 Å². The van der Waals surface area contributed by atoms with Gasteiger partial charge in [0.25, 0.3) is 0 Å². The average Bonchev–Trinajstić information content (AvgIpc) is 3.10. The van der Waals surface area contributed by atoms with Crippen molar-refractivity contribution in [1.29, 1.82) is 0 Å². The molecule has 3 rings (SSSR count). The minimum Gasteiger partial charge on any atom is -0.411 e. The summed E-state index contributed by atoms with van der Waals surface area (Å²) in [4.78, 5) is 0. The van der Waals surface area contributed by atoms with E-state index >= 15 is 0 Å². The molecule has 2 N–H and O–H groups in total. The molecule has 144 valence electrons. The van der Waals surface area contributed by atoms with Gasteiger partial charge in [-0.2, -0.15) is 0 Å². The summed E-state index contributed by atoms with van der Waals surface area (Å²) in [5, 5.41) is 25.7. The highest BCUT2D eigenvalue weighted by atomic mass is 32.2. The molecule has 0 amide bonds. The fourth-order valence-electron chi connectivity index (χ4n) is 2.30. The first-order valence-corrected chi connectivity index (χ1v) is 12.1. The maximum atomic E-state index is 9.38. The predicted molar refractivity (Wildman–Crippen MR) is 124 cm³/mol. The van der Waals surface area contributed by atoms with Crippen LogP contribution in [0.2, 0.25) is 0 Å². The quantitative estimate of drug-likeness (QED) is 0.131. The van der Waals surface area contributed by atoms with E-state index in [1.54, 1.807) is 46.2 Å². The zero-order valence-electron chi connectivity index (χ0n) is 14.5. The van der Waals surface area contributed by atoms with Gasteiger partial charge in [0.15, 0.2) is 0 Å². The lowest BCUT2D eigenvalue weighted by Crippen LogP contribution is -2.04. The number of rotatable bonds is 8. The Kier molecular flexibility index (Phi) is 8.11. The van der Waals surface area contributed by atoms with E-state index in [1.807, 2.05) is 60.7 Å². The molecule has 0 saturated carbocycles. The van der Waals surface area contributed by atoms with Crippen molar-refractivity contribution in [2.45, 2.75) is 8.42 Å². The van der Waals surface area contributed by atoms with Crippen molar-refractivity contribution in [1.82, 2.24) is 0 Å². The van der Waals surface area contributed by atoms with Crippen molar-refractivity contribution in [2.24, 2.45) is 10.3 Å². The second-order valence-corrected chi connectivity index (χ2v) is 11.1. The summed E-state index contributed by atoms with van der Waals surface area (Å²) in [5.74, 6) is 1.07. The molecule has 0 aliphatic rings. The molecule has 3 aromatic rings. The van der Waals surface area contributed by atoms with Crippen LogP contribution in [0.1, 0.15) is 11.1 Å². The smallest absolute Gasteiger partial charge is 0.145 e. The fraction of sp³-hybridized carbons (Fsp3) is 0.105. The second kappa shape index (κ2) is 10.8. The molecule has 0 radical (unpaired) electrons. The number of hydrogen-bond acceptors (Lipinski definition) is 9. The third-order valence-electron chi connectivity index (χ3n) is 3.65. The van der Waals surface area contributed by atoms with Crippen molar-refractivity contribution in [3.63, 3.8) is 0 Å². The molecular weight excluding hydrogens is 449 g/mol. The summed E-state index contributed by atoms with van der Waals surface area (Å²) < 4.78 is 3.01. The van der Waals surface area contributed by atoms with Crippen LogP contribution in [0.25, 0.3) is 0 Å². The number of benzene rings is 2. The van der Waals surface area contributed by atoms with E-state index in [0.29, 0.717) is 22.9 Å². The lowest BCUT2D eigenvalue weighted by molar-refractivity contribution is 0.319. The molecule has 1 aromatic heterocycles. The minimum absolute atomic E-state index is 0.537. The van der Waals surface area contributed by atoms with Gasteiger partial charge in [0.1, 0.15) is 3.14 Å². The van der Waals surface area contributed by atoms with Gasteiger partial charge in [-0.05, 0) is 0 Å². The number of hydrogen-bond donors (Lipinski definition) is 2. The molecular formula is C19H16N2O2S5. The molecule has 28 heavy (non-hydrogen) atoms. The Hall–Kier alpha value is -1.65. The van der Waals surface area contributed by atoms with E-state index in [2.05, 4.69) is 10.3 Å². The monoisotopic (exact) mass is 464 g/mol. The molecule has 9 heteroatoms. The maximum Gasteiger partial charge on any atom is 0.145 e. The second-order valence-electron chi connectivity index (χ2n) is 5.43. The first-order valence-electron chi connectivity index (χ1n) is 8.13. The minimum atomic E-state index is 0.537. The average molecular weight is 465 g/mol. The van der Waals surface area contributed by atoms with Gasteiger partial charge >= 0.3 is 0 Å². The Bertz CT molecular complexity index is 934. The van der Waals surface area contributed by atoms with Crippen LogP contribution >= 0.6 is 58.4 Å². The van der Waals surface area contributed by atoms with Crippen molar-refractivity contribution < 1.29 is 10.4 Å². The summed E-state index contributed by atoms with van der Waals surface area (Å²) in [7, 11) is 0. The maximum absolute atomic E-state index is 9.38. The van der Waals surface area contributed by atoms with Crippen molar-refractivity contribution in [3.8, 4) is 0 Å². The zero-order valence-corrected chi connectivity index (χ0v) is 18.6. The molecule has 1 heterocycles. The van der Waals surface area contributed by atoms with Gasteiger partial charge in [0, 0.05) is 22.6 Å².